The van der Waals surface area contributed by atoms with E-state index in [4.69, 9.17) is 13.9 Å². The minimum atomic E-state index is -1.24. The smallest absolute Gasteiger partial charge is 0.334 e. The molecule has 0 bridgehead atoms. The summed E-state index contributed by atoms with van der Waals surface area (Å²) in [5, 5.41) is 10.6. The largest absolute Gasteiger partial charge is 0.494 e. The van der Waals surface area contributed by atoms with Crippen LogP contribution in [0.1, 0.15) is 40.5 Å². The number of hydrogen-bond donors (Lipinski definition) is 1. The Morgan fingerprint density at radius 3 is 2.67 bits per heavy atom. The van der Waals surface area contributed by atoms with Gasteiger partial charge in [0.05, 0.1) is 24.9 Å². The molecule has 1 saturated carbocycles. The highest BCUT2D eigenvalue weighted by Crippen LogP contribution is 2.49. The third-order valence-electron chi connectivity index (χ3n) is 4.82. The number of hydrogen-bond acceptors (Lipinski definition) is 5. The molecule has 1 saturated heterocycles. The maximum absolute atomic E-state index is 11.7. The first-order chi connectivity index (χ1) is 11.1. The first-order valence-electron chi connectivity index (χ1n) is 9.01. The third kappa shape index (κ3) is 4.40. The van der Waals surface area contributed by atoms with Crippen molar-refractivity contribution in [2.45, 2.75) is 71.9 Å². The summed E-state index contributed by atoms with van der Waals surface area (Å²) in [6.07, 6.45) is 2.27. The van der Waals surface area contributed by atoms with Gasteiger partial charge in [-0.15, -0.1) is 0 Å². The fraction of sp³-hybridized carbons (Fsp3) is 0.833. The second-order valence-electron chi connectivity index (χ2n) is 8.24. The molecule has 1 N–H and O–H groups in total. The summed E-state index contributed by atoms with van der Waals surface area (Å²) >= 11 is 0. The van der Waals surface area contributed by atoms with Crippen LogP contribution in [-0.2, 0) is 18.7 Å². The Morgan fingerprint density at radius 2 is 2.12 bits per heavy atom. The highest BCUT2D eigenvalue weighted by atomic mass is 28.3. The van der Waals surface area contributed by atoms with Crippen LogP contribution in [0.3, 0.4) is 0 Å². The van der Waals surface area contributed by atoms with Gasteiger partial charge in [0.1, 0.15) is 11.9 Å². The first-order valence-corrected chi connectivity index (χ1v) is 11.8. The van der Waals surface area contributed by atoms with Gasteiger partial charge in [-0.2, -0.15) is 0 Å². The van der Waals surface area contributed by atoms with E-state index in [1.807, 2.05) is 0 Å². The van der Waals surface area contributed by atoms with Crippen molar-refractivity contribution >= 4 is 15.0 Å². The lowest BCUT2D eigenvalue weighted by Crippen LogP contribution is -2.45. The van der Waals surface area contributed by atoms with E-state index in [1.54, 1.807) is 6.92 Å². The van der Waals surface area contributed by atoms with E-state index < -0.39 is 15.1 Å². The van der Waals surface area contributed by atoms with Gasteiger partial charge in [0.15, 0.2) is 9.04 Å². The molecule has 0 aromatic carbocycles. The molecule has 138 valence electrons. The van der Waals surface area contributed by atoms with E-state index in [9.17, 15) is 9.90 Å². The molecule has 1 aliphatic carbocycles. The van der Waals surface area contributed by atoms with E-state index in [1.165, 1.54) is 6.08 Å². The highest BCUT2D eigenvalue weighted by molar-refractivity contribution is 6.48. The number of carbonyl (C=O) groups excluding carboxylic acids is 1. The summed E-state index contributed by atoms with van der Waals surface area (Å²) in [5.41, 5.74) is -0.0502. The van der Waals surface area contributed by atoms with Crippen LogP contribution < -0.4 is 0 Å². The Labute approximate surface area is 147 Å². The molecule has 1 heterocycles. The van der Waals surface area contributed by atoms with Crippen LogP contribution >= 0.6 is 0 Å². The number of carbonyl (C=O) groups is 1. The van der Waals surface area contributed by atoms with Crippen LogP contribution in [0.4, 0.5) is 0 Å². The van der Waals surface area contributed by atoms with E-state index >= 15 is 0 Å². The lowest BCUT2D eigenvalue weighted by atomic mass is 9.75. The third-order valence-corrected chi connectivity index (χ3v) is 5.65. The van der Waals surface area contributed by atoms with Crippen molar-refractivity contribution in [3.8, 4) is 0 Å². The molecule has 1 unspecified atom stereocenters. The summed E-state index contributed by atoms with van der Waals surface area (Å²) in [5.74, 6) is 0.549. The lowest BCUT2D eigenvalue weighted by molar-refractivity contribution is -0.137. The molecule has 5 nitrogen and oxygen atoms in total. The van der Waals surface area contributed by atoms with Crippen molar-refractivity contribution < 1.29 is 23.8 Å². The molecule has 24 heavy (non-hydrogen) atoms. The Kier molecular flexibility index (Phi) is 6.15. The van der Waals surface area contributed by atoms with Crippen LogP contribution in [0, 0.1) is 17.3 Å². The van der Waals surface area contributed by atoms with Gasteiger partial charge in [0.2, 0.25) is 0 Å². The quantitative estimate of drug-likeness (QED) is 0.466. The zero-order chi connectivity index (χ0) is 18.1. The summed E-state index contributed by atoms with van der Waals surface area (Å²) in [7, 11) is -1.24. The Hall–Kier alpha value is -0.853. The van der Waals surface area contributed by atoms with Crippen LogP contribution in [-0.4, -0.2) is 45.0 Å². The molecule has 0 aromatic heterocycles. The predicted octanol–water partition coefficient (Wildman–Crippen LogP) is 2.63. The highest BCUT2D eigenvalue weighted by Gasteiger charge is 2.53. The minimum Gasteiger partial charge on any atom is -0.494 e. The molecule has 6 heteroatoms. The fourth-order valence-electron chi connectivity index (χ4n) is 3.98. The van der Waals surface area contributed by atoms with Crippen molar-refractivity contribution in [1.29, 1.82) is 0 Å². The molecule has 2 aliphatic rings. The summed E-state index contributed by atoms with van der Waals surface area (Å²) in [4.78, 5) is 11.7. The van der Waals surface area contributed by atoms with Crippen molar-refractivity contribution in [1.82, 2.24) is 0 Å². The van der Waals surface area contributed by atoms with Gasteiger partial charge < -0.3 is 19.0 Å². The molecule has 2 rings (SSSR count). The Bertz CT molecular complexity index is 482. The Balaban J connectivity index is 2.17. The van der Waals surface area contributed by atoms with Gasteiger partial charge in [0.25, 0.3) is 0 Å². The van der Waals surface area contributed by atoms with E-state index in [0.29, 0.717) is 25.2 Å². The number of fused-ring (bicyclic) bond motifs is 1. The zero-order valence-corrected chi connectivity index (χ0v) is 16.9. The summed E-state index contributed by atoms with van der Waals surface area (Å²) in [6.45, 7) is 13.0. The van der Waals surface area contributed by atoms with Gasteiger partial charge in [-0.1, -0.05) is 20.8 Å². The van der Waals surface area contributed by atoms with E-state index in [2.05, 4.69) is 33.9 Å². The van der Waals surface area contributed by atoms with Gasteiger partial charge in [-0.3, -0.25) is 0 Å². The van der Waals surface area contributed by atoms with Crippen molar-refractivity contribution in [3.05, 3.63) is 11.8 Å². The van der Waals surface area contributed by atoms with E-state index in [-0.39, 0.29) is 35.4 Å². The number of aliphatic hydroxyl groups excluding tert-OH is 1. The molecule has 2 fully saturated rings. The standard InChI is InChI=1S/C18H32O5Si/c1-7-21-15(20)9-11-8-12-14(22-11)10-13(19)16(12)17(18(2,3)4)23-24(5)6/h9,12-14,16-17,19,24H,7-8,10H2,1-6H3/t12-,13+,14-,16-,17?/m0/s1. The molecular formula is C18H32O5Si. The zero-order valence-electron chi connectivity index (χ0n) is 15.7. The normalized spacial score (nSPS) is 32.8. The van der Waals surface area contributed by atoms with Gasteiger partial charge >= 0.3 is 5.97 Å². The monoisotopic (exact) mass is 356 g/mol. The number of ether oxygens (including phenoxy) is 2. The molecule has 0 radical (unpaired) electrons. The SMILES string of the molecule is CCOC(=O)C=C1C[C@@H]2[C@H](C(O[SiH](C)C)C(C)(C)C)[C@H](O)C[C@@H]2O1. The minimum absolute atomic E-state index is 0.000269. The predicted molar refractivity (Wildman–Crippen MR) is 95.0 cm³/mol. The second kappa shape index (κ2) is 7.58. The van der Waals surface area contributed by atoms with Crippen molar-refractivity contribution in [2.75, 3.05) is 6.61 Å². The van der Waals surface area contributed by atoms with Crippen LogP contribution in [0.15, 0.2) is 11.8 Å². The number of rotatable bonds is 5. The Morgan fingerprint density at radius 1 is 1.46 bits per heavy atom. The molecular weight excluding hydrogens is 324 g/mol. The summed E-state index contributed by atoms with van der Waals surface area (Å²) in [6, 6.07) is 0. The maximum Gasteiger partial charge on any atom is 0.334 e. The average Bonchev–Trinajstić information content (AvgIpc) is 2.91. The molecule has 0 amide bonds. The second-order valence-corrected chi connectivity index (χ2v) is 10.6. The molecule has 0 aromatic rings. The average molecular weight is 357 g/mol. The van der Waals surface area contributed by atoms with Gasteiger partial charge in [0, 0.05) is 24.7 Å². The topological polar surface area (TPSA) is 65.0 Å². The van der Waals surface area contributed by atoms with Crippen LogP contribution in [0.25, 0.3) is 0 Å². The van der Waals surface area contributed by atoms with Crippen molar-refractivity contribution in [2.24, 2.45) is 17.3 Å². The van der Waals surface area contributed by atoms with Crippen LogP contribution in [0.5, 0.6) is 0 Å². The van der Waals surface area contributed by atoms with Crippen molar-refractivity contribution in [3.63, 3.8) is 0 Å². The molecule has 5 atom stereocenters. The summed E-state index contributed by atoms with van der Waals surface area (Å²) < 4.78 is 17.2. The first kappa shape index (κ1) is 19.5. The lowest BCUT2D eigenvalue weighted by Gasteiger charge is -2.40. The molecule has 1 aliphatic heterocycles. The number of aliphatic hydroxyl groups is 1. The van der Waals surface area contributed by atoms with Gasteiger partial charge in [-0.25, -0.2) is 4.79 Å². The van der Waals surface area contributed by atoms with Gasteiger partial charge in [-0.05, 0) is 25.4 Å². The van der Waals surface area contributed by atoms with Crippen LogP contribution in [0.2, 0.25) is 13.1 Å². The number of esters is 1. The number of allylic oxidation sites excluding steroid dienone is 1. The maximum atomic E-state index is 11.7. The fourth-order valence-corrected chi connectivity index (χ4v) is 5.16. The molecule has 0 spiro atoms. The van der Waals surface area contributed by atoms with E-state index in [0.717, 1.165) is 0 Å².